The first-order valence-electron chi connectivity index (χ1n) is 9.69. The standard InChI is InChI=1S/C22H22F2N4O4S/c1-4-11-28-20(14-5-7-15(8-6-14)32-21(23)24)26-27-22(28)33-13-19(29)25-17-12-16(30-2)9-10-18(17)31-3/h4-10,12,21H,1,11,13H2,2-3H3,(H,25,29). The number of nitrogens with one attached hydrogen (secondary N) is 1. The number of allylic oxidation sites excluding steroid dienone is 1. The Balaban J connectivity index is 1.72. The van der Waals surface area contributed by atoms with Gasteiger partial charge in [0.2, 0.25) is 5.91 Å². The highest BCUT2D eigenvalue weighted by Gasteiger charge is 2.16. The molecule has 3 rings (SSSR count). The van der Waals surface area contributed by atoms with Crippen LogP contribution in [-0.2, 0) is 11.3 Å². The zero-order valence-electron chi connectivity index (χ0n) is 18.0. The van der Waals surface area contributed by atoms with Crippen molar-refractivity contribution in [2.45, 2.75) is 18.3 Å². The van der Waals surface area contributed by atoms with Crippen molar-refractivity contribution in [3.63, 3.8) is 0 Å². The summed E-state index contributed by atoms with van der Waals surface area (Å²) in [5, 5.41) is 11.7. The molecule has 1 N–H and O–H groups in total. The Morgan fingerprint density at radius 3 is 2.52 bits per heavy atom. The molecule has 1 aromatic heterocycles. The van der Waals surface area contributed by atoms with Gasteiger partial charge in [0.05, 0.1) is 25.7 Å². The fourth-order valence-corrected chi connectivity index (χ4v) is 3.66. The first kappa shape index (κ1) is 24.1. The molecule has 1 heterocycles. The van der Waals surface area contributed by atoms with E-state index in [1.807, 2.05) is 0 Å². The molecular formula is C22H22F2N4O4S. The number of amides is 1. The van der Waals surface area contributed by atoms with Gasteiger partial charge in [-0.25, -0.2) is 0 Å². The van der Waals surface area contributed by atoms with Gasteiger partial charge in [0, 0.05) is 18.2 Å². The molecule has 0 atom stereocenters. The summed E-state index contributed by atoms with van der Waals surface area (Å²) in [5.74, 6) is 1.44. The zero-order chi connectivity index (χ0) is 23.8. The highest BCUT2D eigenvalue weighted by molar-refractivity contribution is 7.99. The number of nitrogens with zero attached hydrogens (tertiary/aromatic N) is 3. The van der Waals surface area contributed by atoms with Gasteiger partial charge < -0.3 is 19.5 Å². The van der Waals surface area contributed by atoms with E-state index < -0.39 is 6.61 Å². The summed E-state index contributed by atoms with van der Waals surface area (Å²) in [5.41, 5.74) is 1.14. The number of aromatic nitrogens is 3. The fraction of sp³-hybridized carbons (Fsp3) is 0.227. The highest BCUT2D eigenvalue weighted by Crippen LogP contribution is 2.30. The largest absolute Gasteiger partial charge is 0.497 e. The lowest BCUT2D eigenvalue weighted by Crippen LogP contribution is -2.15. The van der Waals surface area contributed by atoms with Crippen LogP contribution in [-0.4, -0.2) is 47.3 Å². The Kier molecular flexibility index (Phi) is 8.25. The van der Waals surface area contributed by atoms with E-state index in [0.717, 1.165) is 0 Å². The minimum atomic E-state index is -2.90. The minimum Gasteiger partial charge on any atom is -0.497 e. The van der Waals surface area contributed by atoms with Gasteiger partial charge in [-0.05, 0) is 36.4 Å². The first-order valence-corrected chi connectivity index (χ1v) is 10.7. The predicted molar refractivity (Wildman–Crippen MR) is 121 cm³/mol. The van der Waals surface area contributed by atoms with Crippen LogP contribution in [0.4, 0.5) is 14.5 Å². The third kappa shape index (κ3) is 6.22. The molecule has 0 unspecified atom stereocenters. The van der Waals surface area contributed by atoms with Crippen LogP contribution in [0.25, 0.3) is 11.4 Å². The van der Waals surface area contributed by atoms with Crippen LogP contribution in [0.2, 0.25) is 0 Å². The molecule has 0 spiro atoms. The van der Waals surface area contributed by atoms with Crippen LogP contribution in [0, 0.1) is 0 Å². The molecule has 0 radical (unpaired) electrons. The quantitative estimate of drug-likeness (QED) is 0.322. The normalized spacial score (nSPS) is 10.7. The SMILES string of the molecule is C=CCn1c(SCC(=O)Nc2cc(OC)ccc2OC)nnc1-c1ccc(OC(F)F)cc1. The van der Waals surface area contributed by atoms with E-state index >= 15 is 0 Å². The van der Waals surface area contributed by atoms with Crippen molar-refractivity contribution in [2.75, 3.05) is 25.3 Å². The first-order chi connectivity index (χ1) is 15.9. The number of carbonyl (C=O) groups is 1. The summed E-state index contributed by atoms with van der Waals surface area (Å²) in [6.45, 7) is 1.25. The lowest BCUT2D eigenvalue weighted by atomic mass is 10.2. The molecule has 0 saturated carbocycles. The van der Waals surface area contributed by atoms with Crippen molar-refractivity contribution in [2.24, 2.45) is 0 Å². The van der Waals surface area contributed by atoms with Gasteiger partial charge in [0.15, 0.2) is 11.0 Å². The second-order valence-corrected chi connectivity index (χ2v) is 7.45. The summed E-state index contributed by atoms with van der Waals surface area (Å²) in [6, 6.07) is 11.2. The summed E-state index contributed by atoms with van der Waals surface area (Å²) < 4.78 is 41.4. The van der Waals surface area contributed by atoms with Gasteiger partial charge in [-0.3, -0.25) is 9.36 Å². The topological polar surface area (TPSA) is 87.5 Å². The smallest absolute Gasteiger partial charge is 0.387 e. The second-order valence-electron chi connectivity index (χ2n) is 6.51. The number of anilines is 1. The molecule has 11 heteroatoms. The monoisotopic (exact) mass is 476 g/mol. The van der Waals surface area contributed by atoms with Gasteiger partial charge in [-0.2, -0.15) is 8.78 Å². The van der Waals surface area contributed by atoms with Crippen LogP contribution in [0.1, 0.15) is 0 Å². The van der Waals surface area contributed by atoms with Crippen molar-refractivity contribution in [1.82, 2.24) is 14.8 Å². The summed E-state index contributed by atoms with van der Waals surface area (Å²) >= 11 is 1.20. The van der Waals surface area contributed by atoms with Crippen LogP contribution in [0.15, 0.2) is 60.3 Å². The Morgan fingerprint density at radius 1 is 1.15 bits per heavy atom. The third-order valence-corrected chi connectivity index (χ3v) is 5.35. The molecule has 2 aromatic carbocycles. The Morgan fingerprint density at radius 2 is 1.88 bits per heavy atom. The number of benzene rings is 2. The molecule has 0 aliphatic heterocycles. The lowest BCUT2D eigenvalue weighted by Gasteiger charge is -2.12. The maximum Gasteiger partial charge on any atom is 0.387 e. The molecule has 8 nitrogen and oxygen atoms in total. The summed E-state index contributed by atoms with van der Waals surface area (Å²) in [7, 11) is 3.05. The summed E-state index contributed by atoms with van der Waals surface area (Å²) in [6.07, 6.45) is 1.67. The van der Waals surface area contributed by atoms with Crippen molar-refractivity contribution < 1.29 is 27.8 Å². The molecule has 0 saturated heterocycles. The van der Waals surface area contributed by atoms with E-state index in [0.29, 0.717) is 40.3 Å². The number of thioether (sulfide) groups is 1. The molecular weight excluding hydrogens is 454 g/mol. The van der Waals surface area contributed by atoms with Crippen molar-refractivity contribution in [3.05, 3.63) is 55.1 Å². The number of alkyl halides is 2. The minimum absolute atomic E-state index is 0.0442. The average molecular weight is 477 g/mol. The molecule has 0 bridgehead atoms. The van der Waals surface area contributed by atoms with Gasteiger partial charge >= 0.3 is 6.61 Å². The van der Waals surface area contributed by atoms with E-state index in [1.54, 1.807) is 41.0 Å². The van der Waals surface area contributed by atoms with E-state index in [2.05, 4.69) is 26.8 Å². The van der Waals surface area contributed by atoms with Crippen molar-refractivity contribution in [3.8, 4) is 28.6 Å². The third-order valence-electron chi connectivity index (χ3n) is 4.38. The second kappa shape index (κ2) is 11.3. The molecule has 3 aromatic rings. The van der Waals surface area contributed by atoms with Crippen LogP contribution < -0.4 is 19.5 Å². The number of ether oxygens (including phenoxy) is 3. The number of halogens is 2. The van der Waals surface area contributed by atoms with Crippen LogP contribution in [0.3, 0.4) is 0 Å². The Hall–Kier alpha value is -3.60. The van der Waals surface area contributed by atoms with E-state index in [-0.39, 0.29) is 17.4 Å². The lowest BCUT2D eigenvalue weighted by molar-refractivity contribution is -0.113. The molecule has 174 valence electrons. The van der Waals surface area contributed by atoms with Gasteiger partial charge in [0.1, 0.15) is 17.2 Å². The molecule has 0 aliphatic rings. The highest BCUT2D eigenvalue weighted by atomic mass is 32.2. The molecule has 0 fully saturated rings. The van der Waals surface area contributed by atoms with E-state index in [9.17, 15) is 13.6 Å². The van der Waals surface area contributed by atoms with E-state index in [1.165, 1.54) is 38.1 Å². The predicted octanol–water partition coefficient (Wildman–Crippen LogP) is 4.48. The maximum atomic E-state index is 12.5. The number of hydrogen-bond acceptors (Lipinski definition) is 7. The van der Waals surface area contributed by atoms with Crippen LogP contribution in [0.5, 0.6) is 17.2 Å². The van der Waals surface area contributed by atoms with Crippen molar-refractivity contribution >= 4 is 23.4 Å². The fourth-order valence-electron chi connectivity index (χ4n) is 2.92. The van der Waals surface area contributed by atoms with E-state index in [4.69, 9.17) is 9.47 Å². The molecule has 0 aliphatic carbocycles. The number of rotatable bonds is 11. The average Bonchev–Trinajstić information content (AvgIpc) is 3.20. The number of hydrogen-bond donors (Lipinski definition) is 1. The molecule has 33 heavy (non-hydrogen) atoms. The van der Waals surface area contributed by atoms with Crippen molar-refractivity contribution in [1.29, 1.82) is 0 Å². The van der Waals surface area contributed by atoms with Gasteiger partial charge in [-0.15, -0.1) is 16.8 Å². The number of carbonyl (C=O) groups excluding carboxylic acids is 1. The van der Waals surface area contributed by atoms with Crippen LogP contribution >= 0.6 is 11.8 Å². The number of methoxy groups -OCH3 is 2. The Bertz CT molecular complexity index is 1110. The van der Waals surface area contributed by atoms with Gasteiger partial charge in [0.25, 0.3) is 0 Å². The van der Waals surface area contributed by atoms with Gasteiger partial charge in [-0.1, -0.05) is 17.8 Å². The Labute approximate surface area is 193 Å². The summed E-state index contributed by atoms with van der Waals surface area (Å²) in [4.78, 5) is 12.5. The zero-order valence-corrected chi connectivity index (χ0v) is 18.8. The maximum absolute atomic E-state index is 12.5. The molecule has 1 amide bonds.